The topological polar surface area (TPSA) is 76.7 Å². The minimum absolute atomic E-state index is 0.00870. The number of nitrogens with one attached hydrogen (secondary N) is 2. The highest BCUT2D eigenvalue weighted by Gasteiger charge is 2.28. The summed E-state index contributed by atoms with van der Waals surface area (Å²) in [5, 5.41) is 10.2. The van der Waals surface area contributed by atoms with Gasteiger partial charge in [-0.25, -0.2) is 0 Å². The molecule has 3 unspecified atom stereocenters. The van der Waals surface area contributed by atoms with Gasteiger partial charge in [0.1, 0.15) is 6.29 Å². The molecule has 1 saturated heterocycles. The van der Waals surface area contributed by atoms with E-state index in [4.69, 9.17) is 4.74 Å². The van der Waals surface area contributed by atoms with Gasteiger partial charge in [-0.3, -0.25) is 4.79 Å². The Labute approximate surface area is 155 Å². The third kappa shape index (κ3) is 11.0. The van der Waals surface area contributed by atoms with E-state index < -0.39 is 0 Å². The first kappa shape index (κ1) is 23.7. The van der Waals surface area contributed by atoms with E-state index >= 15 is 0 Å². The van der Waals surface area contributed by atoms with Crippen molar-refractivity contribution in [2.75, 3.05) is 34.4 Å². The van der Waals surface area contributed by atoms with E-state index in [2.05, 4.69) is 39.1 Å². The van der Waals surface area contributed by atoms with E-state index in [1.165, 1.54) is 19.1 Å². The Morgan fingerprint density at radius 3 is 2.52 bits per heavy atom. The molecule has 7 heteroatoms. The van der Waals surface area contributed by atoms with Crippen LogP contribution in [-0.4, -0.2) is 58.8 Å². The van der Waals surface area contributed by atoms with Gasteiger partial charge in [-0.05, 0) is 55.7 Å². The fourth-order valence-corrected chi connectivity index (χ4v) is 3.03. The van der Waals surface area contributed by atoms with Gasteiger partial charge in [0.2, 0.25) is 0 Å². The van der Waals surface area contributed by atoms with Crippen LogP contribution in [0.2, 0.25) is 0 Å². The molecule has 1 aromatic rings. The van der Waals surface area contributed by atoms with Crippen LogP contribution in [0.1, 0.15) is 25.3 Å². The van der Waals surface area contributed by atoms with E-state index in [1.54, 1.807) is 25.5 Å². The second-order valence-electron chi connectivity index (χ2n) is 5.81. The third-order valence-electron chi connectivity index (χ3n) is 3.71. The molecule has 2 heterocycles. The Morgan fingerprint density at radius 2 is 2.24 bits per heavy atom. The van der Waals surface area contributed by atoms with Gasteiger partial charge >= 0.3 is 5.97 Å². The summed E-state index contributed by atoms with van der Waals surface area (Å²) in [6, 6.07) is 2.47. The van der Waals surface area contributed by atoms with Gasteiger partial charge in [0.25, 0.3) is 0 Å². The Kier molecular flexibility index (Phi) is 14.2. The van der Waals surface area contributed by atoms with E-state index in [0.29, 0.717) is 6.04 Å². The summed E-state index contributed by atoms with van der Waals surface area (Å²) in [6.45, 7) is 5.34. The van der Waals surface area contributed by atoms with Gasteiger partial charge in [-0.2, -0.15) is 11.3 Å². The molecular formula is C18H32N2O4S. The van der Waals surface area contributed by atoms with Crippen molar-refractivity contribution in [3.63, 3.8) is 0 Å². The minimum atomic E-state index is -0.234. The lowest BCUT2D eigenvalue weighted by atomic mass is 9.98. The third-order valence-corrected chi connectivity index (χ3v) is 4.51. The molecule has 0 radical (unpaired) electrons. The van der Waals surface area contributed by atoms with Crippen molar-refractivity contribution in [3.05, 3.63) is 22.4 Å². The van der Waals surface area contributed by atoms with Crippen LogP contribution < -0.4 is 10.6 Å². The van der Waals surface area contributed by atoms with Gasteiger partial charge in [0, 0.05) is 19.1 Å². The van der Waals surface area contributed by atoms with Gasteiger partial charge < -0.3 is 24.9 Å². The highest BCUT2D eigenvalue weighted by molar-refractivity contribution is 7.07. The second-order valence-corrected chi connectivity index (χ2v) is 6.59. The van der Waals surface area contributed by atoms with Crippen molar-refractivity contribution in [2.24, 2.45) is 5.92 Å². The van der Waals surface area contributed by atoms with Crippen molar-refractivity contribution in [3.8, 4) is 0 Å². The van der Waals surface area contributed by atoms with Gasteiger partial charge in [0.05, 0.1) is 19.8 Å². The van der Waals surface area contributed by atoms with Gasteiger partial charge in [-0.15, -0.1) is 0 Å². The number of thiophene rings is 1. The van der Waals surface area contributed by atoms with Crippen LogP contribution in [0.3, 0.4) is 0 Å². The molecule has 1 aromatic heterocycles. The SMILES string of the molecule is CNCC(=O)OC.COC(C(C)C=O)C1CCCN1.Cc1ccsc1. The van der Waals surface area contributed by atoms with Crippen molar-refractivity contribution in [1.82, 2.24) is 10.6 Å². The molecule has 3 atom stereocenters. The molecule has 1 fully saturated rings. The first-order chi connectivity index (χ1) is 12.0. The second kappa shape index (κ2) is 15.0. The zero-order valence-corrected chi connectivity index (χ0v) is 16.7. The number of rotatable bonds is 6. The molecular weight excluding hydrogens is 340 g/mol. The molecule has 0 saturated carbocycles. The van der Waals surface area contributed by atoms with E-state index in [1.807, 2.05) is 6.92 Å². The first-order valence-corrected chi connectivity index (χ1v) is 9.36. The number of likely N-dealkylation sites (N-methyl/N-ethyl adjacent to an activating group) is 1. The van der Waals surface area contributed by atoms with Crippen LogP contribution in [0, 0.1) is 12.8 Å². The maximum absolute atomic E-state index is 10.6. The predicted molar refractivity (Wildman–Crippen MR) is 102 cm³/mol. The summed E-state index contributed by atoms with van der Waals surface area (Å²) in [4.78, 5) is 20.7. The molecule has 1 aliphatic heterocycles. The standard InChI is InChI=1S/C9H17NO2.C5H6S.C4H9NO2/c1-7(6-11)9(12-2)8-4-3-5-10-8;1-5-2-3-6-4-5;1-5-3-4(6)7-2/h6-10H,3-5H2,1-2H3;2-4H,1H3;5H,3H2,1-2H3. The molecule has 0 aliphatic carbocycles. The average Bonchev–Trinajstić information content (AvgIpc) is 3.30. The predicted octanol–water partition coefficient (Wildman–Crippen LogP) is 2.02. The number of hydrogen-bond acceptors (Lipinski definition) is 7. The number of aryl methyl sites for hydroxylation is 1. The van der Waals surface area contributed by atoms with E-state index in [-0.39, 0.29) is 24.5 Å². The summed E-state index contributed by atoms with van der Waals surface area (Å²) in [7, 11) is 4.72. The fraction of sp³-hybridized carbons (Fsp3) is 0.667. The monoisotopic (exact) mass is 372 g/mol. The van der Waals surface area contributed by atoms with Crippen molar-refractivity contribution < 1.29 is 19.1 Å². The lowest BCUT2D eigenvalue weighted by Gasteiger charge is -2.24. The molecule has 25 heavy (non-hydrogen) atoms. The smallest absolute Gasteiger partial charge is 0.319 e. The van der Waals surface area contributed by atoms with Crippen LogP contribution in [0.4, 0.5) is 0 Å². The molecule has 0 spiro atoms. The van der Waals surface area contributed by atoms with Crippen LogP contribution in [0.15, 0.2) is 16.8 Å². The lowest BCUT2D eigenvalue weighted by molar-refractivity contribution is -0.139. The Hall–Kier alpha value is -1.28. The molecule has 2 rings (SSSR count). The molecule has 0 aromatic carbocycles. The molecule has 2 N–H and O–H groups in total. The summed E-state index contributed by atoms with van der Waals surface area (Å²) >= 11 is 1.74. The number of aldehydes is 1. The largest absolute Gasteiger partial charge is 0.468 e. The van der Waals surface area contributed by atoms with Gasteiger partial charge in [-0.1, -0.05) is 6.92 Å². The number of hydrogen-bond donors (Lipinski definition) is 2. The molecule has 144 valence electrons. The summed E-state index contributed by atoms with van der Waals surface area (Å²) in [5.74, 6) is -0.242. The number of carbonyl (C=O) groups excluding carboxylic acids is 2. The van der Waals surface area contributed by atoms with E-state index in [9.17, 15) is 9.59 Å². The number of carbonyl (C=O) groups is 2. The van der Waals surface area contributed by atoms with Crippen molar-refractivity contribution in [1.29, 1.82) is 0 Å². The van der Waals surface area contributed by atoms with E-state index in [0.717, 1.165) is 19.3 Å². The first-order valence-electron chi connectivity index (χ1n) is 8.41. The molecule has 6 nitrogen and oxygen atoms in total. The fourth-order valence-electron chi connectivity index (χ4n) is 2.36. The maximum Gasteiger partial charge on any atom is 0.319 e. The van der Waals surface area contributed by atoms with Crippen molar-refractivity contribution in [2.45, 2.75) is 38.8 Å². The highest BCUT2D eigenvalue weighted by atomic mass is 32.1. The van der Waals surface area contributed by atoms with Crippen LogP contribution in [-0.2, 0) is 19.1 Å². The van der Waals surface area contributed by atoms with Crippen LogP contribution in [0.25, 0.3) is 0 Å². The normalized spacial score (nSPS) is 18.0. The van der Waals surface area contributed by atoms with Crippen molar-refractivity contribution >= 4 is 23.6 Å². The Bertz CT molecular complexity index is 448. The zero-order chi connectivity index (χ0) is 19.1. The quantitative estimate of drug-likeness (QED) is 0.588. The number of esters is 1. The number of methoxy groups -OCH3 is 2. The molecule has 0 bridgehead atoms. The summed E-state index contributed by atoms with van der Waals surface area (Å²) in [6.07, 6.45) is 3.33. The number of ether oxygens (including phenoxy) is 2. The highest BCUT2D eigenvalue weighted by Crippen LogP contribution is 2.17. The summed E-state index contributed by atoms with van der Waals surface area (Å²) < 4.78 is 9.58. The Morgan fingerprint density at radius 1 is 1.52 bits per heavy atom. The summed E-state index contributed by atoms with van der Waals surface area (Å²) in [5.41, 5.74) is 1.36. The van der Waals surface area contributed by atoms with Crippen LogP contribution >= 0.6 is 11.3 Å². The Balaban J connectivity index is 0.000000377. The minimum Gasteiger partial charge on any atom is -0.468 e. The van der Waals surface area contributed by atoms with Crippen LogP contribution in [0.5, 0.6) is 0 Å². The zero-order valence-electron chi connectivity index (χ0n) is 15.9. The van der Waals surface area contributed by atoms with Gasteiger partial charge in [0.15, 0.2) is 0 Å². The lowest BCUT2D eigenvalue weighted by Crippen LogP contribution is -2.40. The average molecular weight is 373 g/mol. The molecule has 1 aliphatic rings. The molecule has 0 amide bonds. The maximum atomic E-state index is 10.6.